The predicted octanol–water partition coefficient (Wildman–Crippen LogP) is 2.83. The molecule has 2 aromatic rings. The van der Waals surface area contributed by atoms with E-state index in [1.165, 1.54) is 0 Å². The Bertz CT molecular complexity index is 590. The van der Waals surface area contributed by atoms with Crippen LogP contribution in [0.2, 0.25) is 0 Å². The topological polar surface area (TPSA) is 68.9 Å². The van der Waals surface area contributed by atoms with Gasteiger partial charge in [0.2, 0.25) is 0 Å². The summed E-state index contributed by atoms with van der Waals surface area (Å²) >= 11 is 0. The van der Waals surface area contributed by atoms with Gasteiger partial charge >= 0.3 is 0 Å². The molecule has 1 atom stereocenters. The Morgan fingerprint density at radius 2 is 2.17 bits per heavy atom. The van der Waals surface area contributed by atoms with E-state index in [2.05, 4.69) is 16.4 Å². The van der Waals surface area contributed by atoms with Gasteiger partial charge in [-0.05, 0) is 36.8 Å². The number of rotatable bonds is 3. The van der Waals surface area contributed by atoms with Crippen LogP contribution < -0.4 is 5.32 Å². The van der Waals surface area contributed by atoms with Crippen LogP contribution in [0.25, 0.3) is 0 Å². The zero-order valence-corrected chi connectivity index (χ0v) is 9.96. The number of hydrogen-bond acceptors (Lipinski definition) is 4. The summed E-state index contributed by atoms with van der Waals surface area (Å²) in [5.74, 6) is 0.776. The summed E-state index contributed by atoms with van der Waals surface area (Å²) in [4.78, 5) is 4.14. The molecule has 4 nitrogen and oxygen atoms in total. The Kier molecular flexibility index (Phi) is 3.44. The Balaban J connectivity index is 2.22. The summed E-state index contributed by atoms with van der Waals surface area (Å²) < 4.78 is 0. The molecule has 1 heterocycles. The lowest BCUT2D eigenvalue weighted by Gasteiger charge is -2.15. The normalized spacial score (nSPS) is 11.6. The molecule has 0 fully saturated rings. The number of pyridine rings is 1. The standard InChI is InChI=1S/C14H13N3O/c1-10(11-4-2-6-13(18)8-11)17-14-12(9-15)5-3-7-16-14/h2-8,10,18H,1H3,(H,16,17)/t10-/m1/s1. The predicted molar refractivity (Wildman–Crippen MR) is 69.1 cm³/mol. The van der Waals surface area contributed by atoms with Crippen LogP contribution in [0, 0.1) is 11.3 Å². The molecule has 0 spiro atoms. The van der Waals surface area contributed by atoms with Crippen LogP contribution >= 0.6 is 0 Å². The highest BCUT2D eigenvalue weighted by atomic mass is 16.3. The third-order valence-electron chi connectivity index (χ3n) is 2.65. The number of nitriles is 1. The second-order valence-electron chi connectivity index (χ2n) is 3.97. The zero-order valence-electron chi connectivity index (χ0n) is 9.96. The maximum absolute atomic E-state index is 9.43. The van der Waals surface area contributed by atoms with Gasteiger partial charge in [-0.3, -0.25) is 0 Å². The van der Waals surface area contributed by atoms with Crippen molar-refractivity contribution >= 4 is 5.82 Å². The van der Waals surface area contributed by atoms with E-state index in [1.54, 1.807) is 36.5 Å². The quantitative estimate of drug-likeness (QED) is 0.864. The Morgan fingerprint density at radius 3 is 2.89 bits per heavy atom. The van der Waals surface area contributed by atoms with E-state index in [-0.39, 0.29) is 11.8 Å². The first kappa shape index (κ1) is 11.9. The van der Waals surface area contributed by atoms with Gasteiger partial charge in [0.05, 0.1) is 11.6 Å². The molecule has 0 unspecified atom stereocenters. The third kappa shape index (κ3) is 2.58. The summed E-state index contributed by atoms with van der Waals surface area (Å²) in [6.07, 6.45) is 1.64. The summed E-state index contributed by atoms with van der Waals surface area (Å²) in [6.45, 7) is 1.95. The van der Waals surface area contributed by atoms with Gasteiger partial charge in [-0.25, -0.2) is 4.98 Å². The number of aromatic hydroxyl groups is 1. The minimum absolute atomic E-state index is 0.0425. The lowest BCUT2D eigenvalue weighted by molar-refractivity contribution is 0.474. The first-order chi connectivity index (χ1) is 8.70. The van der Waals surface area contributed by atoms with Crippen molar-refractivity contribution in [2.24, 2.45) is 0 Å². The number of anilines is 1. The molecule has 0 aliphatic rings. The molecule has 18 heavy (non-hydrogen) atoms. The Labute approximate surface area is 106 Å². The van der Waals surface area contributed by atoms with E-state index >= 15 is 0 Å². The molecule has 1 aromatic heterocycles. The molecule has 0 amide bonds. The fourth-order valence-corrected chi connectivity index (χ4v) is 1.69. The van der Waals surface area contributed by atoms with Gasteiger partial charge in [-0.2, -0.15) is 5.26 Å². The Hall–Kier alpha value is -2.54. The van der Waals surface area contributed by atoms with Crippen LogP contribution in [0.4, 0.5) is 5.82 Å². The number of phenolic OH excluding ortho intramolecular Hbond substituents is 1. The van der Waals surface area contributed by atoms with E-state index in [0.717, 1.165) is 5.56 Å². The van der Waals surface area contributed by atoms with Gasteiger partial charge in [0, 0.05) is 6.20 Å². The third-order valence-corrected chi connectivity index (χ3v) is 2.65. The minimum atomic E-state index is -0.0425. The maximum atomic E-state index is 9.43. The molecule has 2 rings (SSSR count). The average molecular weight is 239 g/mol. The van der Waals surface area contributed by atoms with Crippen LogP contribution in [0.3, 0.4) is 0 Å². The van der Waals surface area contributed by atoms with E-state index in [0.29, 0.717) is 11.4 Å². The fourth-order valence-electron chi connectivity index (χ4n) is 1.69. The van der Waals surface area contributed by atoms with Crippen molar-refractivity contribution in [2.45, 2.75) is 13.0 Å². The molecule has 90 valence electrons. The monoisotopic (exact) mass is 239 g/mol. The number of phenols is 1. The number of aromatic nitrogens is 1. The van der Waals surface area contributed by atoms with E-state index in [1.807, 2.05) is 13.0 Å². The zero-order chi connectivity index (χ0) is 13.0. The molecule has 0 saturated heterocycles. The highest BCUT2D eigenvalue weighted by molar-refractivity contribution is 5.52. The smallest absolute Gasteiger partial charge is 0.144 e. The SMILES string of the molecule is C[C@@H](Nc1ncccc1C#N)c1cccc(O)c1. The molecule has 0 saturated carbocycles. The maximum Gasteiger partial charge on any atom is 0.144 e. The summed E-state index contributed by atoms with van der Waals surface area (Å²) in [5.41, 5.74) is 1.44. The van der Waals surface area contributed by atoms with Crippen molar-refractivity contribution in [2.75, 3.05) is 5.32 Å². The number of nitrogens with zero attached hydrogens (tertiary/aromatic N) is 2. The summed E-state index contributed by atoms with van der Waals surface area (Å²) in [6, 6.07) is 12.5. The summed E-state index contributed by atoms with van der Waals surface area (Å²) in [7, 11) is 0. The molecule has 4 heteroatoms. The van der Waals surface area contributed by atoms with Gasteiger partial charge in [-0.15, -0.1) is 0 Å². The number of benzene rings is 1. The van der Waals surface area contributed by atoms with Crippen LogP contribution in [0.1, 0.15) is 24.1 Å². The van der Waals surface area contributed by atoms with E-state index < -0.39 is 0 Å². The van der Waals surface area contributed by atoms with Gasteiger partial charge in [-0.1, -0.05) is 12.1 Å². The molecule has 0 bridgehead atoms. The molecule has 0 aliphatic carbocycles. The van der Waals surface area contributed by atoms with Gasteiger partial charge in [0.15, 0.2) is 0 Å². The van der Waals surface area contributed by atoms with Crippen LogP contribution in [-0.4, -0.2) is 10.1 Å². The van der Waals surface area contributed by atoms with E-state index in [4.69, 9.17) is 5.26 Å². The van der Waals surface area contributed by atoms with Crippen LogP contribution in [0.5, 0.6) is 5.75 Å². The van der Waals surface area contributed by atoms with Crippen molar-refractivity contribution in [1.29, 1.82) is 5.26 Å². The first-order valence-corrected chi connectivity index (χ1v) is 5.61. The summed E-state index contributed by atoms with van der Waals surface area (Å²) in [5, 5.41) is 21.6. The van der Waals surface area contributed by atoms with Crippen molar-refractivity contribution in [3.8, 4) is 11.8 Å². The van der Waals surface area contributed by atoms with Crippen molar-refractivity contribution in [1.82, 2.24) is 4.98 Å². The van der Waals surface area contributed by atoms with E-state index in [9.17, 15) is 5.11 Å². The van der Waals surface area contributed by atoms with Crippen molar-refractivity contribution < 1.29 is 5.11 Å². The lowest BCUT2D eigenvalue weighted by Crippen LogP contribution is -2.09. The minimum Gasteiger partial charge on any atom is -0.508 e. The second-order valence-corrected chi connectivity index (χ2v) is 3.97. The van der Waals surface area contributed by atoms with Crippen LogP contribution in [0.15, 0.2) is 42.6 Å². The molecule has 0 radical (unpaired) electrons. The number of hydrogen-bond donors (Lipinski definition) is 2. The average Bonchev–Trinajstić information content (AvgIpc) is 2.39. The van der Waals surface area contributed by atoms with Gasteiger partial charge < -0.3 is 10.4 Å². The Morgan fingerprint density at radius 1 is 1.33 bits per heavy atom. The van der Waals surface area contributed by atoms with Crippen molar-refractivity contribution in [3.63, 3.8) is 0 Å². The number of nitrogens with one attached hydrogen (secondary N) is 1. The molecule has 2 N–H and O–H groups in total. The highest BCUT2D eigenvalue weighted by Crippen LogP contribution is 2.22. The van der Waals surface area contributed by atoms with Crippen LogP contribution in [-0.2, 0) is 0 Å². The molecular weight excluding hydrogens is 226 g/mol. The second kappa shape index (κ2) is 5.19. The van der Waals surface area contributed by atoms with Gasteiger partial charge in [0.1, 0.15) is 17.6 Å². The first-order valence-electron chi connectivity index (χ1n) is 5.61. The highest BCUT2D eigenvalue weighted by Gasteiger charge is 2.09. The van der Waals surface area contributed by atoms with Gasteiger partial charge in [0.25, 0.3) is 0 Å². The lowest BCUT2D eigenvalue weighted by atomic mass is 10.1. The fraction of sp³-hybridized carbons (Fsp3) is 0.143. The largest absolute Gasteiger partial charge is 0.508 e. The molecule has 1 aromatic carbocycles. The van der Waals surface area contributed by atoms with Crippen molar-refractivity contribution in [3.05, 3.63) is 53.7 Å². The molecular formula is C14H13N3O. The molecule has 0 aliphatic heterocycles.